The number of nitrogens with two attached hydrogens (primary N) is 1. The van der Waals surface area contributed by atoms with Crippen LogP contribution in [0.5, 0.6) is 0 Å². The van der Waals surface area contributed by atoms with Gasteiger partial charge in [0.05, 0.1) is 19.3 Å². The molecule has 0 radical (unpaired) electrons. The van der Waals surface area contributed by atoms with E-state index >= 15 is 0 Å². The number of aryl methyl sites for hydroxylation is 1. The Morgan fingerprint density at radius 2 is 2.39 bits per heavy atom. The zero-order chi connectivity index (χ0) is 13.1. The molecule has 1 fully saturated rings. The van der Waals surface area contributed by atoms with E-state index in [4.69, 9.17) is 15.2 Å². The minimum atomic E-state index is -0.456. The summed E-state index contributed by atoms with van der Waals surface area (Å²) in [6.45, 7) is 5.41. The normalized spacial score (nSPS) is 19.1. The standard InChI is InChI=1S/C12H19N3O3/c1-3-9-14-10(12(16)18-4-2)11(13)15(9)8-5-6-17-7-8/h8H,3-7,13H2,1-2H3. The minimum Gasteiger partial charge on any atom is -0.461 e. The Labute approximate surface area is 106 Å². The number of carbonyl (C=O) groups is 1. The van der Waals surface area contributed by atoms with Gasteiger partial charge in [-0.1, -0.05) is 6.92 Å². The van der Waals surface area contributed by atoms with Crippen LogP contribution in [0.25, 0.3) is 0 Å². The van der Waals surface area contributed by atoms with Crippen LogP contribution >= 0.6 is 0 Å². The molecule has 1 aromatic rings. The van der Waals surface area contributed by atoms with E-state index in [9.17, 15) is 4.79 Å². The smallest absolute Gasteiger partial charge is 0.360 e. The monoisotopic (exact) mass is 253 g/mol. The first-order chi connectivity index (χ1) is 8.69. The molecule has 2 rings (SSSR count). The number of rotatable bonds is 4. The van der Waals surface area contributed by atoms with Gasteiger partial charge >= 0.3 is 5.97 Å². The molecule has 6 nitrogen and oxygen atoms in total. The second-order valence-electron chi connectivity index (χ2n) is 4.22. The van der Waals surface area contributed by atoms with Crippen LogP contribution in [0.1, 0.15) is 42.6 Å². The highest BCUT2D eigenvalue weighted by atomic mass is 16.5. The fourth-order valence-electron chi connectivity index (χ4n) is 2.23. The molecular weight excluding hydrogens is 234 g/mol. The summed E-state index contributed by atoms with van der Waals surface area (Å²) in [4.78, 5) is 16.1. The number of hydrogen-bond donors (Lipinski definition) is 1. The molecule has 0 bridgehead atoms. The van der Waals surface area contributed by atoms with Gasteiger partial charge in [-0.05, 0) is 13.3 Å². The van der Waals surface area contributed by atoms with Crippen molar-refractivity contribution >= 4 is 11.8 Å². The van der Waals surface area contributed by atoms with Crippen molar-refractivity contribution in [2.75, 3.05) is 25.6 Å². The molecule has 1 atom stereocenters. The van der Waals surface area contributed by atoms with Crippen LogP contribution in [0.4, 0.5) is 5.82 Å². The number of ether oxygens (including phenoxy) is 2. The molecule has 18 heavy (non-hydrogen) atoms. The molecule has 1 aliphatic rings. The number of nitrogen functional groups attached to an aromatic ring is 1. The first kappa shape index (κ1) is 12.9. The molecule has 2 N–H and O–H groups in total. The quantitative estimate of drug-likeness (QED) is 0.815. The Kier molecular flexibility index (Phi) is 3.86. The summed E-state index contributed by atoms with van der Waals surface area (Å²) < 4.78 is 12.2. The molecule has 1 saturated heterocycles. The lowest BCUT2D eigenvalue weighted by Gasteiger charge is -2.14. The van der Waals surface area contributed by atoms with E-state index in [-0.39, 0.29) is 11.7 Å². The Hall–Kier alpha value is -1.56. The predicted molar refractivity (Wildman–Crippen MR) is 66.4 cm³/mol. The van der Waals surface area contributed by atoms with Crippen molar-refractivity contribution in [3.63, 3.8) is 0 Å². The van der Waals surface area contributed by atoms with E-state index in [1.807, 2.05) is 11.5 Å². The summed E-state index contributed by atoms with van der Waals surface area (Å²) in [5, 5.41) is 0. The largest absolute Gasteiger partial charge is 0.461 e. The van der Waals surface area contributed by atoms with Gasteiger partial charge in [0.15, 0.2) is 5.69 Å². The van der Waals surface area contributed by atoms with Crippen molar-refractivity contribution in [1.29, 1.82) is 0 Å². The first-order valence-electron chi connectivity index (χ1n) is 6.30. The van der Waals surface area contributed by atoms with Gasteiger partial charge in [0.25, 0.3) is 0 Å². The van der Waals surface area contributed by atoms with E-state index in [2.05, 4.69) is 4.98 Å². The van der Waals surface area contributed by atoms with E-state index in [0.29, 0.717) is 19.0 Å². The summed E-state index contributed by atoms with van der Waals surface area (Å²) in [5.74, 6) is 0.745. The Balaban J connectivity index is 2.36. The SMILES string of the molecule is CCOC(=O)c1nc(CC)n(C2CCOC2)c1N. The number of anilines is 1. The number of hydrogen-bond acceptors (Lipinski definition) is 5. The molecule has 0 aliphatic carbocycles. The minimum absolute atomic E-state index is 0.177. The topological polar surface area (TPSA) is 79.4 Å². The summed E-state index contributed by atoms with van der Waals surface area (Å²) in [6.07, 6.45) is 1.62. The van der Waals surface area contributed by atoms with Gasteiger partial charge in [0.2, 0.25) is 0 Å². The molecule has 2 heterocycles. The van der Waals surface area contributed by atoms with Gasteiger partial charge in [0.1, 0.15) is 11.6 Å². The molecule has 0 aromatic carbocycles. The van der Waals surface area contributed by atoms with E-state index in [1.165, 1.54) is 0 Å². The summed E-state index contributed by atoms with van der Waals surface area (Å²) in [5.41, 5.74) is 6.26. The molecule has 6 heteroatoms. The van der Waals surface area contributed by atoms with Crippen LogP contribution in [-0.4, -0.2) is 35.3 Å². The summed E-state index contributed by atoms with van der Waals surface area (Å²) in [6, 6.07) is 0.177. The average Bonchev–Trinajstić information content (AvgIpc) is 2.96. The second kappa shape index (κ2) is 5.39. The van der Waals surface area contributed by atoms with E-state index in [1.54, 1.807) is 6.92 Å². The van der Waals surface area contributed by atoms with Crippen LogP contribution in [0, 0.1) is 0 Å². The van der Waals surface area contributed by atoms with Gasteiger partial charge in [-0.25, -0.2) is 9.78 Å². The molecule has 0 spiro atoms. The maximum Gasteiger partial charge on any atom is 0.360 e. The van der Waals surface area contributed by atoms with E-state index < -0.39 is 5.97 Å². The lowest BCUT2D eigenvalue weighted by Crippen LogP contribution is -2.15. The highest BCUT2D eigenvalue weighted by Crippen LogP contribution is 2.27. The Bertz CT molecular complexity index is 436. The van der Waals surface area contributed by atoms with Crippen molar-refractivity contribution in [1.82, 2.24) is 9.55 Å². The molecule has 1 unspecified atom stereocenters. The third kappa shape index (κ3) is 2.20. The van der Waals surface area contributed by atoms with Gasteiger partial charge in [-0.15, -0.1) is 0 Å². The highest BCUT2D eigenvalue weighted by molar-refractivity contribution is 5.92. The van der Waals surface area contributed by atoms with Crippen molar-refractivity contribution < 1.29 is 14.3 Å². The zero-order valence-corrected chi connectivity index (χ0v) is 10.8. The van der Waals surface area contributed by atoms with Crippen LogP contribution < -0.4 is 5.73 Å². The van der Waals surface area contributed by atoms with Crippen LogP contribution in [0.2, 0.25) is 0 Å². The predicted octanol–water partition coefficient (Wildman–Crippen LogP) is 1.17. The lowest BCUT2D eigenvalue weighted by molar-refractivity contribution is 0.0521. The van der Waals surface area contributed by atoms with Gasteiger partial charge in [-0.2, -0.15) is 0 Å². The molecule has 1 aliphatic heterocycles. The number of nitrogens with zero attached hydrogens (tertiary/aromatic N) is 2. The third-order valence-corrected chi connectivity index (χ3v) is 3.08. The summed E-state index contributed by atoms with van der Waals surface area (Å²) >= 11 is 0. The average molecular weight is 253 g/mol. The van der Waals surface area contributed by atoms with Crippen molar-refractivity contribution in [2.45, 2.75) is 32.7 Å². The Morgan fingerprint density at radius 1 is 1.61 bits per heavy atom. The maximum atomic E-state index is 11.8. The van der Waals surface area contributed by atoms with Crippen LogP contribution in [0.15, 0.2) is 0 Å². The van der Waals surface area contributed by atoms with Gasteiger partial charge in [-0.3, -0.25) is 0 Å². The number of aromatic nitrogens is 2. The lowest BCUT2D eigenvalue weighted by atomic mass is 10.2. The Morgan fingerprint density at radius 3 is 2.94 bits per heavy atom. The maximum absolute atomic E-state index is 11.8. The van der Waals surface area contributed by atoms with E-state index in [0.717, 1.165) is 25.3 Å². The highest BCUT2D eigenvalue weighted by Gasteiger charge is 2.27. The van der Waals surface area contributed by atoms with Crippen LogP contribution in [-0.2, 0) is 15.9 Å². The molecule has 1 aromatic heterocycles. The molecule has 0 saturated carbocycles. The first-order valence-corrected chi connectivity index (χ1v) is 6.30. The molecule has 0 amide bonds. The van der Waals surface area contributed by atoms with Gasteiger partial charge in [0, 0.05) is 13.0 Å². The fourth-order valence-corrected chi connectivity index (χ4v) is 2.23. The van der Waals surface area contributed by atoms with Crippen LogP contribution in [0.3, 0.4) is 0 Å². The van der Waals surface area contributed by atoms with Crippen molar-refractivity contribution in [3.8, 4) is 0 Å². The molecule has 100 valence electrons. The van der Waals surface area contributed by atoms with Gasteiger partial charge < -0.3 is 19.8 Å². The zero-order valence-electron chi connectivity index (χ0n) is 10.8. The fraction of sp³-hybridized carbons (Fsp3) is 0.667. The number of carbonyl (C=O) groups excluding carboxylic acids is 1. The number of imidazole rings is 1. The van der Waals surface area contributed by atoms with Crippen molar-refractivity contribution in [2.24, 2.45) is 0 Å². The van der Waals surface area contributed by atoms with Crippen molar-refractivity contribution in [3.05, 3.63) is 11.5 Å². The summed E-state index contributed by atoms with van der Waals surface area (Å²) in [7, 11) is 0. The third-order valence-electron chi connectivity index (χ3n) is 3.08. The second-order valence-corrected chi connectivity index (χ2v) is 4.22. The molecular formula is C12H19N3O3. The number of esters is 1.